The minimum absolute atomic E-state index is 0.0976. The molecular formula is C16H23NO5. The topological polar surface area (TPSA) is 84.9 Å². The van der Waals surface area contributed by atoms with Crippen molar-refractivity contribution in [1.82, 2.24) is 5.32 Å². The van der Waals surface area contributed by atoms with Crippen LogP contribution in [0.1, 0.15) is 26.3 Å². The van der Waals surface area contributed by atoms with Crippen LogP contribution in [0.2, 0.25) is 0 Å². The van der Waals surface area contributed by atoms with Crippen molar-refractivity contribution in [2.45, 2.75) is 32.2 Å². The fourth-order valence-corrected chi connectivity index (χ4v) is 1.93. The summed E-state index contributed by atoms with van der Waals surface area (Å²) in [6, 6.07) is 6.38. The first kappa shape index (κ1) is 18.0. The zero-order chi connectivity index (χ0) is 16.8. The third kappa shape index (κ3) is 5.37. The predicted octanol–water partition coefficient (Wildman–Crippen LogP) is 1.58. The van der Waals surface area contributed by atoms with Crippen LogP contribution in [-0.2, 0) is 19.7 Å². The fraction of sp³-hybridized carbons (Fsp3) is 0.500. The highest BCUT2D eigenvalue weighted by atomic mass is 16.5. The molecule has 1 aromatic rings. The summed E-state index contributed by atoms with van der Waals surface area (Å²) in [4.78, 5) is 22.8. The Balaban J connectivity index is 2.67. The molecule has 0 heterocycles. The molecule has 22 heavy (non-hydrogen) atoms. The molecule has 0 aliphatic heterocycles. The van der Waals surface area contributed by atoms with Crippen molar-refractivity contribution in [3.63, 3.8) is 0 Å². The van der Waals surface area contributed by atoms with E-state index >= 15 is 0 Å². The van der Waals surface area contributed by atoms with E-state index in [0.717, 1.165) is 5.56 Å². The monoisotopic (exact) mass is 309 g/mol. The first-order chi connectivity index (χ1) is 10.3. The number of methoxy groups -OCH3 is 1. The van der Waals surface area contributed by atoms with Crippen molar-refractivity contribution in [3.8, 4) is 5.75 Å². The van der Waals surface area contributed by atoms with E-state index in [1.165, 1.54) is 7.11 Å². The first-order valence-corrected chi connectivity index (χ1v) is 6.99. The van der Waals surface area contributed by atoms with E-state index in [1.54, 1.807) is 6.07 Å². The molecule has 0 aliphatic carbocycles. The average Bonchev–Trinajstić information content (AvgIpc) is 2.44. The number of carbonyl (C=O) groups is 2. The summed E-state index contributed by atoms with van der Waals surface area (Å²) in [5.74, 6) is -1.04. The maximum Gasteiger partial charge on any atom is 0.328 e. The zero-order valence-electron chi connectivity index (χ0n) is 13.4. The first-order valence-electron chi connectivity index (χ1n) is 6.99. The van der Waals surface area contributed by atoms with Crippen LogP contribution in [0.3, 0.4) is 0 Å². The second kappa shape index (κ2) is 7.79. The third-order valence-electron chi connectivity index (χ3n) is 3.02. The number of carbonyl (C=O) groups excluding carboxylic acids is 1. The molecule has 6 heteroatoms. The van der Waals surface area contributed by atoms with Crippen LogP contribution in [0.5, 0.6) is 5.75 Å². The van der Waals surface area contributed by atoms with Gasteiger partial charge in [0.15, 0.2) is 12.6 Å². The number of benzene rings is 1. The number of carboxylic acid groups (broad SMARTS) is 1. The normalized spacial score (nSPS) is 12.5. The van der Waals surface area contributed by atoms with Gasteiger partial charge in [0, 0.05) is 7.11 Å². The van der Waals surface area contributed by atoms with Crippen molar-refractivity contribution in [3.05, 3.63) is 29.8 Å². The molecule has 0 saturated carbocycles. The minimum Gasteiger partial charge on any atom is -0.483 e. The number of rotatable bonds is 7. The summed E-state index contributed by atoms with van der Waals surface area (Å²) >= 11 is 0. The Morgan fingerprint density at radius 3 is 2.45 bits per heavy atom. The van der Waals surface area contributed by atoms with Crippen molar-refractivity contribution in [2.24, 2.45) is 0 Å². The molecule has 122 valence electrons. The highest BCUT2D eigenvalue weighted by Gasteiger charge is 2.21. The molecule has 1 rings (SSSR count). The largest absolute Gasteiger partial charge is 0.483 e. The number of ether oxygens (including phenoxy) is 2. The molecular weight excluding hydrogens is 286 g/mol. The Morgan fingerprint density at radius 2 is 1.91 bits per heavy atom. The van der Waals surface area contributed by atoms with Gasteiger partial charge in [0.2, 0.25) is 0 Å². The van der Waals surface area contributed by atoms with Crippen LogP contribution in [0.25, 0.3) is 0 Å². The van der Waals surface area contributed by atoms with Crippen LogP contribution in [0, 0.1) is 0 Å². The van der Waals surface area contributed by atoms with Gasteiger partial charge in [-0.15, -0.1) is 0 Å². The standard InChI is InChI=1S/C16H23NO5/c1-16(2,3)11-7-5-6-8-13(11)22-10-14(18)17-12(9-21-4)15(19)20/h5-8,12H,9-10H2,1-4H3,(H,17,18)(H,19,20). The number of hydrogen-bond donors (Lipinski definition) is 2. The Morgan fingerprint density at radius 1 is 1.27 bits per heavy atom. The van der Waals surface area contributed by atoms with Gasteiger partial charge in [0.25, 0.3) is 5.91 Å². The van der Waals surface area contributed by atoms with Gasteiger partial charge in [-0.2, -0.15) is 0 Å². The van der Waals surface area contributed by atoms with E-state index in [4.69, 9.17) is 14.6 Å². The summed E-state index contributed by atoms with van der Waals surface area (Å²) in [6.45, 7) is 5.80. The molecule has 0 spiro atoms. The summed E-state index contributed by atoms with van der Waals surface area (Å²) in [7, 11) is 1.37. The molecule has 0 saturated heterocycles. The van der Waals surface area contributed by atoms with Gasteiger partial charge in [-0.1, -0.05) is 39.0 Å². The highest BCUT2D eigenvalue weighted by Crippen LogP contribution is 2.30. The Kier molecular flexibility index (Phi) is 6.37. The fourth-order valence-electron chi connectivity index (χ4n) is 1.93. The number of amides is 1. The van der Waals surface area contributed by atoms with Gasteiger partial charge in [0.1, 0.15) is 5.75 Å². The molecule has 0 aliphatic rings. The molecule has 0 radical (unpaired) electrons. The molecule has 0 bridgehead atoms. The zero-order valence-corrected chi connectivity index (χ0v) is 13.4. The number of aliphatic carboxylic acids is 1. The lowest BCUT2D eigenvalue weighted by Crippen LogP contribution is -2.45. The SMILES string of the molecule is COCC(NC(=O)COc1ccccc1C(C)(C)C)C(=O)O. The van der Waals surface area contributed by atoms with Gasteiger partial charge in [-0.05, 0) is 17.0 Å². The highest BCUT2D eigenvalue weighted by molar-refractivity contribution is 5.84. The Bertz CT molecular complexity index is 522. The second-order valence-corrected chi connectivity index (χ2v) is 5.95. The molecule has 0 aromatic heterocycles. The van der Waals surface area contributed by atoms with Gasteiger partial charge in [-0.3, -0.25) is 4.79 Å². The molecule has 1 unspecified atom stereocenters. The van der Waals surface area contributed by atoms with Crippen LogP contribution in [0.4, 0.5) is 0 Å². The molecule has 1 amide bonds. The van der Waals surface area contributed by atoms with Gasteiger partial charge < -0.3 is 19.9 Å². The summed E-state index contributed by atoms with van der Waals surface area (Å²) in [5.41, 5.74) is 0.863. The molecule has 1 aromatic carbocycles. The van der Waals surface area contributed by atoms with E-state index in [-0.39, 0.29) is 18.6 Å². The summed E-state index contributed by atoms with van der Waals surface area (Å²) < 4.78 is 10.3. The van der Waals surface area contributed by atoms with Crippen LogP contribution in [-0.4, -0.2) is 43.3 Å². The van der Waals surface area contributed by atoms with E-state index in [0.29, 0.717) is 5.75 Å². The lowest BCUT2D eigenvalue weighted by Gasteiger charge is -2.22. The lowest BCUT2D eigenvalue weighted by molar-refractivity contribution is -0.143. The maximum atomic E-state index is 11.8. The number of nitrogens with one attached hydrogen (secondary N) is 1. The van der Waals surface area contributed by atoms with Crippen molar-refractivity contribution < 1.29 is 24.2 Å². The Hall–Kier alpha value is -2.08. The lowest BCUT2D eigenvalue weighted by atomic mass is 9.86. The Labute approximate surface area is 130 Å². The van der Waals surface area contributed by atoms with E-state index in [1.807, 2.05) is 39.0 Å². The minimum atomic E-state index is -1.15. The smallest absolute Gasteiger partial charge is 0.328 e. The number of para-hydroxylation sites is 1. The van der Waals surface area contributed by atoms with Crippen molar-refractivity contribution >= 4 is 11.9 Å². The third-order valence-corrected chi connectivity index (χ3v) is 3.02. The average molecular weight is 309 g/mol. The maximum absolute atomic E-state index is 11.8. The van der Waals surface area contributed by atoms with E-state index in [9.17, 15) is 9.59 Å². The van der Waals surface area contributed by atoms with E-state index in [2.05, 4.69) is 5.32 Å². The number of hydrogen-bond acceptors (Lipinski definition) is 4. The molecule has 0 fully saturated rings. The second-order valence-electron chi connectivity index (χ2n) is 5.95. The predicted molar refractivity (Wildman–Crippen MR) is 82.1 cm³/mol. The van der Waals surface area contributed by atoms with Crippen LogP contribution >= 0.6 is 0 Å². The van der Waals surface area contributed by atoms with Gasteiger partial charge >= 0.3 is 5.97 Å². The van der Waals surface area contributed by atoms with Crippen LogP contribution in [0.15, 0.2) is 24.3 Å². The summed E-state index contributed by atoms with van der Waals surface area (Å²) in [6.07, 6.45) is 0. The van der Waals surface area contributed by atoms with E-state index < -0.39 is 17.9 Å². The van der Waals surface area contributed by atoms with Gasteiger partial charge in [0.05, 0.1) is 6.61 Å². The number of carboxylic acids is 1. The molecule has 2 N–H and O–H groups in total. The van der Waals surface area contributed by atoms with Gasteiger partial charge in [-0.25, -0.2) is 4.79 Å². The molecule has 1 atom stereocenters. The molecule has 6 nitrogen and oxygen atoms in total. The van der Waals surface area contributed by atoms with Crippen LogP contribution < -0.4 is 10.1 Å². The summed E-state index contributed by atoms with van der Waals surface area (Å²) in [5, 5.41) is 11.3. The quantitative estimate of drug-likeness (QED) is 0.799. The van der Waals surface area contributed by atoms with Crippen molar-refractivity contribution in [2.75, 3.05) is 20.3 Å². The van der Waals surface area contributed by atoms with Crippen molar-refractivity contribution in [1.29, 1.82) is 0 Å².